The van der Waals surface area contributed by atoms with Crippen LogP contribution in [0.15, 0.2) is 4.99 Å². The van der Waals surface area contributed by atoms with E-state index in [1.807, 2.05) is 20.8 Å². The molecule has 0 bridgehead atoms. The lowest BCUT2D eigenvalue weighted by Crippen LogP contribution is -2.15. The summed E-state index contributed by atoms with van der Waals surface area (Å²) < 4.78 is 4.31. The number of halogens is 1. The van der Waals surface area contributed by atoms with Crippen molar-refractivity contribution in [3.63, 3.8) is 0 Å². The average Bonchev–Trinajstić information content (AvgIpc) is 2.59. The van der Waals surface area contributed by atoms with Crippen molar-refractivity contribution in [3.05, 3.63) is 11.3 Å². The molecule has 1 aromatic rings. The summed E-state index contributed by atoms with van der Waals surface area (Å²) in [6, 6.07) is 2.16. The first kappa shape index (κ1) is 13.9. The van der Waals surface area contributed by atoms with E-state index in [2.05, 4.69) is 15.4 Å². The predicted octanol–water partition coefficient (Wildman–Crippen LogP) is 3.10. The molecule has 0 N–H and O–H groups in total. The first-order valence-electron chi connectivity index (χ1n) is 5.09. The summed E-state index contributed by atoms with van der Waals surface area (Å²) in [5.41, 5.74) is 1.12. The summed E-state index contributed by atoms with van der Waals surface area (Å²) in [6.45, 7) is 6.05. The van der Waals surface area contributed by atoms with E-state index in [9.17, 15) is 5.26 Å². The maximum absolute atomic E-state index is 9.19. The number of nitriles is 1. The Morgan fingerprint density at radius 2 is 2.06 bits per heavy atom. The Balaban J connectivity index is 3.27. The third-order valence-corrected chi connectivity index (χ3v) is 3.22. The van der Waals surface area contributed by atoms with E-state index in [1.54, 1.807) is 19.0 Å². The molecule has 1 heterocycles. The largest absolute Gasteiger partial charge is 0.353 e. The van der Waals surface area contributed by atoms with Crippen LogP contribution in [-0.4, -0.2) is 28.7 Å². The number of aromatic nitrogens is 1. The maximum atomic E-state index is 9.19. The minimum absolute atomic E-state index is 0.167. The Bertz CT molecular complexity index is 477. The van der Waals surface area contributed by atoms with E-state index in [0.717, 1.165) is 5.69 Å². The van der Waals surface area contributed by atoms with E-state index in [1.165, 1.54) is 11.5 Å². The molecule has 0 unspecified atom stereocenters. The number of hydrogen-bond acceptors (Lipinski definition) is 4. The van der Waals surface area contributed by atoms with Crippen molar-refractivity contribution in [2.24, 2.45) is 4.99 Å². The van der Waals surface area contributed by atoms with Crippen LogP contribution in [0, 0.1) is 11.3 Å². The summed E-state index contributed by atoms with van der Waals surface area (Å²) in [5, 5.41) is 10.1. The van der Waals surface area contributed by atoms with Crippen LogP contribution in [-0.2, 0) is 5.41 Å². The molecule has 0 aliphatic rings. The molecule has 0 aliphatic carbocycles. The summed E-state index contributed by atoms with van der Waals surface area (Å²) in [5.74, 6) is 0. The second-order valence-corrected chi connectivity index (χ2v) is 5.94. The van der Waals surface area contributed by atoms with Crippen LogP contribution >= 0.6 is 23.1 Å². The molecule has 0 spiro atoms. The standard InChI is InChI=1S/C11H15ClN4S/c1-11(2,3)8-7(6-13)9(17-15-8)14-10(12)16(4)5/h1-5H3/b14-10+. The van der Waals surface area contributed by atoms with Gasteiger partial charge < -0.3 is 4.90 Å². The zero-order valence-corrected chi connectivity index (χ0v) is 12.1. The fourth-order valence-electron chi connectivity index (χ4n) is 1.15. The number of amidine groups is 1. The van der Waals surface area contributed by atoms with Crippen LogP contribution in [0.2, 0.25) is 0 Å². The Labute approximate surface area is 111 Å². The number of rotatable bonds is 1. The molecule has 0 aliphatic heterocycles. The van der Waals surface area contributed by atoms with Crippen LogP contribution in [0.25, 0.3) is 0 Å². The summed E-state index contributed by atoms with van der Waals surface area (Å²) in [4.78, 5) is 5.88. The molecule has 0 saturated carbocycles. The van der Waals surface area contributed by atoms with Gasteiger partial charge in [0.05, 0.1) is 5.69 Å². The van der Waals surface area contributed by atoms with Crippen molar-refractivity contribution in [2.75, 3.05) is 14.1 Å². The van der Waals surface area contributed by atoms with Crippen molar-refractivity contribution in [1.82, 2.24) is 9.27 Å². The van der Waals surface area contributed by atoms with Crippen molar-refractivity contribution in [3.8, 4) is 6.07 Å². The van der Waals surface area contributed by atoms with Crippen LogP contribution in [0.3, 0.4) is 0 Å². The predicted molar refractivity (Wildman–Crippen MR) is 72.2 cm³/mol. The van der Waals surface area contributed by atoms with Crippen LogP contribution in [0.4, 0.5) is 5.00 Å². The third kappa shape index (κ3) is 3.18. The monoisotopic (exact) mass is 270 g/mol. The minimum atomic E-state index is -0.167. The first-order chi connectivity index (χ1) is 7.77. The van der Waals surface area contributed by atoms with Gasteiger partial charge in [-0.25, -0.2) is 4.99 Å². The molecule has 92 valence electrons. The summed E-state index contributed by atoms with van der Waals surface area (Å²) in [7, 11) is 3.59. The summed E-state index contributed by atoms with van der Waals surface area (Å²) in [6.07, 6.45) is 0. The van der Waals surface area contributed by atoms with E-state index < -0.39 is 0 Å². The molecule has 1 aromatic heterocycles. The molecule has 0 amide bonds. The second-order valence-electron chi connectivity index (χ2n) is 4.85. The highest BCUT2D eigenvalue weighted by atomic mass is 35.5. The van der Waals surface area contributed by atoms with Gasteiger partial charge in [-0.05, 0) is 23.1 Å². The quantitative estimate of drug-likeness (QED) is 0.448. The highest BCUT2D eigenvalue weighted by Gasteiger charge is 2.24. The fourth-order valence-corrected chi connectivity index (χ4v) is 2.19. The van der Waals surface area contributed by atoms with Crippen LogP contribution in [0.1, 0.15) is 32.0 Å². The van der Waals surface area contributed by atoms with E-state index in [4.69, 9.17) is 11.6 Å². The van der Waals surface area contributed by atoms with Crippen molar-refractivity contribution in [2.45, 2.75) is 26.2 Å². The van der Waals surface area contributed by atoms with Gasteiger partial charge in [-0.1, -0.05) is 20.8 Å². The lowest BCUT2D eigenvalue weighted by molar-refractivity contribution is 0.574. The Morgan fingerprint density at radius 1 is 1.47 bits per heavy atom. The van der Waals surface area contributed by atoms with Crippen LogP contribution < -0.4 is 0 Å². The van der Waals surface area contributed by atoms with Gasteiger partial charge >= 0.3 is 0 Å². The smallest absolute Gasteiger partial charge is 0.199 e. The lowest BCUT2D eigenvalue weighted by Gasteiger charge is -2.15. The lowest BCUT2D eigenvalue weighted by atomic mass is 9.90. The molecule has 6 heteroatoms. The van der Waals surface area contributed by atoms with Gasteiger partial charge in [-0.15, -0.1) is 0 Å². The van der Waals surface area contributed by atoms with Crippen LogP contribution in [0.5, 0.6) is 0 Å². The number of hydrogen-bond donors (Lipinski definition) is 0. The van der Waals surface area contributed by atoms with Gasteiger partial charge in [0, 0.05) is 19.5 Å². The SMILES string of the molecule is CN(C)/C(Cl)=N/c1snc(C(C)(C)C)c1C#N. The average molecular weight is 271 g/mol. The molecule has 0 atom stereocenters. The topological polar surface area (TPSA) is 52.3 Å². The van der Waals surface area contributed by atoms with Gasteiger partial charge in [0.2, 0.25) is 0 Å². The molecular weight excluding hydrogens is 256 g/mol. The summed E-state index contributed by atoms with van der Waals surface area (Å²) >= 11 is 7.15. The number of nitrogens with zero attached hydrogens (tertiary/aromatic N) is 4. The van der Waals surface area contributed by atoms with E-state index in [0.29, 0.717) is 15.9 Å². The Hall–Kier alpha value is -1.12. The van der Waals surface area contributed by atoms with Gasteiger partial charge in [0.25, 0.3) is 0 Å². The van der Waals surface area contributed by atoms with E-state index in [-0.39, 0.29) is 5.41 Å². The minimum Gasteiger partial charge on any atom is -0.353 e. The van der Waals surface area contributed by atoms with Crippen molar-refractivity contribution >= 4 is 33.4 Å². The maximum Gasteiger partial charge on any atom is 0.199 e. The second kappa shape index (κ2) is 5.03. The molecule has 1 rings (SSSR count). The molecule has 0 aromatic carbocycles. The zero-order valence-electron chi connectivity index (χ0n) is 10.6. The van der Waals surface area contributed by atoms with Gasteiger partial charge in [-0.2, -0.15) is 9.64 Å². The fraction of sp³-hybridized carbons (Fsp3) is 0.545. The Morgan fingerprint density at radius 3 is 2.47 bits per heavy atom. The molecule has 0 fully saturated rings. The van der Waals surface area contributed by atoms with Crippen molar-refractivity contribution < 1.29 is 0 Å². The molecule has 17 heavy (non-hydrogen) atoms. The van der Waals surface area contributed by atoms with E-state index >= 15 is 0 Å². The number of aliphatic imine (C=N–C) groups is 1. The normalized spacial score (nSPS) is 12.4. The molecule has 0 saturated heterocycles. The first-order valence-corrected chi connectivity index (χ1v) is 6.24. The third-order valence-electron chi connectivity index (χ3n) is 2.06. The van der Waals surface area contributed by atoms with Crippen molar-refractivity contribution in [1.29, 1.82) is 5.26 Å². The van der Waals surface area contributed by atoms with Gasteiger partial charge in [0.15, 0.2) is 10.3 Å². The zero-order chi connectivity index (χ0) is 13.2. The highest BCUT2D eigenvalue weighted by Crippen LogP contribution is 2.34. The Kier molecular flexibility index (Phi) is 4.12. The molecule has 4 nitrogen and oxygen atoms in total. The molecular formula is C11H15ClN4S. The molecule has 0 radical (unpaired) electrons. The highest BCUT2D eigenvalue weighted by molar-refractivity contribution is 7.10. The van der Waals surface area contributed by atoms with Gasteiger partial charge in [-0.3, -0.25) is 0 Å². The van der Waals surface area contributed by atoms with Gasteiger partial charge in [0.1, 0.15) is 11.6 Å².